The first-order valence-corrected chi connectivity index (χ1v) is 10.6. The second-order valence-corrected chi connectivity index (χ2v) is 8.17. The smallest absolute Gasteiger partial charge is 0.322 e. The zero-order chi connectivity index (χ0) is 20.1. The number of benzene rings is 1. The van der Waals surface area contributed by atoms with Crippen LogP contribution >= 0.6 is 0 Å². The molecule has 0 aliphatic heterocycles. The SMILES string of the molecule is COc1cc(Cn2cccn2)cc(O)c1/C(N)=N/S(=O)(=O)NC1CCCCC1. The summed E-state index contributed by atoms with van der Waals surface area (Å²) in [7, 11) is -2.57. The van der Waals surface area contributed by atoms with Crippen LogP contribution < -0.4 is 15.2 Å². The van der Waals surface area contributed by atoms with E-state index in [2.05, 4.69) is 14.2 Å². The van der Waals surface area contributed by atoms with Crippen LogP contribution in [0.3, 0.4) is 0 Å². The number of phenols is 1. The van der Waals surface area contributed by atoms with Crippen molar-refractivity contribution in [3.8, 4) is 11.5 Å². The van der Waals surface area contributed by atoms with Gasteiger partial charge in [-0.25, -0.2) is 0 Å². The maximum absolute atomic E-state index is 12.4. The Balaban J connectivity index is 1.85. The maximum Gasteiger partial charge on any atom is 0.322 e. The Morgan fingerprint density at radius 3 is 2.79 bits per heavy atom. The average molecular weight is 407 g/mol. The minimum Gasteiger partial charge on any atom is -0.507 e. The second-order valence-electron chi connectivity index (χ2n) is 6.80. The van der Waals surface area contributed by atoms with E-state index in [-0.39, 0.29) is 28.9 Å². The van der Waals surface area contributed by atoms with Gasteiger partial charge < -0.3 is 15.6 Å². The lowest BCUT2D eigenvalue weighted by atomic mass is 9.96. The van der Waals surface area contributed by atoms with E-state index in [4.69, 9.17) is 10.5 Å². The highest BCUT2D eigenvalue weighted by molar-refractivity contribution is 7.88. The Morgan fingerprint density at radius 1 is 1.39 bits per heavy atom. The van der Waals surface area contributed by atoms with Crippen LogP contribution in [0.25, 0.3) is 0 Å². The van der Waals surface area contributed by atoms with Crippen LogP contribution in [0.15, 0.2) is 35.0 Å². The monoisotopic (exact) mass is 407 g/mol. The summed E-state index contributed by atoms with van der Waals surface area (Å²) in [5.74, 6) is -0.310. The van der Waals surface area contributed by atoms with Crippen molar-refractivity contribution in [3.05, 3.63) is 41.7 Å². The van der Waals surface area contributed by atoms with Crippen molar-refractivity contribution in [2.75, 3.05) is 7.11 Å². The molecule has 0 amide bonds. The quantitative estimate of drug-likeness (QED) is 0.471. The molecule has 4 N–H and O–H groups in total. The van der Waals surface area contributed by atoms with Crippen molar-refractivity contribution in [1.29, 1.82) is 0 Å². The van der Waals surface area contributed by atoms with Crippen molar-refractivity contribution >= 4 is 16.0 Å². The number of methoxy groups -OCH3 is 1. The van der Waals surface area contributed by atoms with Gasteiger partial charge in [-0.15, -0.1) is 4.40 Å². The summed E-state index contributed by atoms with van der Waals surface area (Å²) in [5, 5.41) is 14.6. The van der Waals surface area contributed by atoms with E-state index in [1.165, 1.54) is 13.2 Å². The van der Waals surface area contributed by atoms with E-state index in [0.29, 0.717) is 6.54 Å². The predicted octanol–water partition coefficient (Wildman–Crippen LogP) is 1.52. The molecule has 0 atom stereocenters. The number of phenolic OH excluding ortho intramolecular Hbond substituents is 1. The first-order valence-electron chi connectivity index (χ1n) is 9.13. The number of rotatable bonds is 7. The Labute approximate surface area is 164 Å². The van der Waals surface area contributed by atoms with Gasteiger partial charge in [-0.2, -0.15) is 18.2 Å². The van der Waals surface area contributed by atoms with Gasteiger partial charge in [-0.05, 0) is 36.6 Å². The van der Waals surface area contributed by atoms with Gasteiger partial charge in [0.1, 0.15) is 17.1 Å². The molecule has 0 radical (unpaired) electrons. The molecular formula is C18H25N5O4S. The van der Waals surface area contributed by atoms with Crippen molar-refractivity contribution in [2.45, 2.75) is 44.7 Å². The fourth-order valence-electron chi connectivity index (χ4n) is 3.38. The largest absolute Gasteiger partial charge is 0.507 e. The third-order valence-electron chi connectivity index (χ3n) is 4.66. The Morgan fingerprint density at radius 2 is 2.14 bits per heavy atom. The van der Waals surface area contributed by atoms with Crippen LogP contribution in [0, 0.1) is 0 Å². The predicted molar refractivity (Wildman–Crippen MR) is 106 cm³/mol. The number of hydrogen-bond acceptors (Lipinski definition) is 5. The second kappa shape index (κ2) is 8.61. The number of nitrogens with two attached hydrogens (primary N) is 1. The van der Waals surface area contributed by atoms with Gasteiger partial charge in [0, 0.05) is 18.4 Å². The molecule has 152 valence electrons. The first kappa shape index (κ1) is 20.2. The van der Waals surface area contributed by atoms with Crippen molar-refractivity contribution in [3.63, 3.8) is 0 Å². The Kier molecular flexibility index (Phi) is 6.20. The minimum absolute atomic E-state index is 0.0423. The molecule has 9 nitrogen and oxygen atoms in total. The molecule has 1 aromatic carbocycles. The summed E-state index contributed by atoms with van der Waals surface area (Å²) in [5.41, 5.74) is 6.69. The molecule has 0 saturated heterocycles. The highest BCUT2D eigenvalue weighted by Gasteiger charge is 2.22. The summed E-state index contributed by atoms with van der Waals surface area (Å²) in [6.07, 6.45) is 8.09. The molecule has 1 fully saturated rings. The molecule has 0 bridgehead atoms. The molecule has 1 aliphatic rings. The van der Waals surface area contributed by atoms with Gasteiger partial charge in [0.15, 0.2) is 5.84 Å². The lowest BCUT2D eigenvalue weighted by Crippen LogP contribution is -2.36. The molecule has 1 aliphatic carbocycles. The van der Waals surface area contributed by atoms with Crippen molar-refractivity contribution in [2.24, 2.45) is 10.1 Å². The van der Waals surface area contributed by atoms with Crippen LogP contribution in [0.5, 0.6) is 11.5 Å². The number of aromatic nitrogens is 2. The van der Waals surface area contributed by atoms with Crippen LogP contribution in [-0.4, -0.2) is 42.3 Å². The maximum atomic E-state index is 12.4. The minimum atomic E-state index is -3.99. The van der Waals surface area contributed by atoms with Crippen LogP contribution in [-0.2, 0) is 16.8 Å². The van der Waals surface area contributed by atoms with Crippen molar-refractivity contribution < 1.29 is 18.3 Å². The molecule has 1 aromatic heterocycles. The van der Waals surface area contributed by atoms with Gasteiger partial charge in [-0.3, -0.25) is 4.68 Å². The topological polar surface area (TPSA) is 132 Å². The summed E-state index contributed by atoms with van der Waals surface area (Å²) in [6.45, 7) is 0.412. The van der Waals surface area contributed by atoms with Gasteiger partial charge in [0.05, 0.1) is 13.7 Å². The Bertz CT molecular complexity index is 935. The van der Waals surface area contributed by atoms with Gasteiger partial charge in [-0.1, -0.05) is 19.3 Å². The number of nitrogens with zero attached hydrogens (tertiary/aromatic N) is 3. The molecule has 28 heavy (non-hydrogen) atoms. The van der Waals surface area contributed by atoms with Crippen LogP contribution in [0.2, 0.25) is 0 Å². The molecule has 1 saturated carbocycles. The number of ether oxygens (including phenoxy) is 1. The van der Waals surface area contributed by atoms with E-state index < -0.39 is 10.2 Å². The van der Waals surface area contributed by atoms with E-state index in [0.717, 1.165) is 37.7 Å². The normalized spacial score (nSPS) is 16.2. The summed E-state index contributed by atoms with van der Waals surface area (Å²) in [4.78, 5) is 0. The first-order chi connectivity index (χ1) is 13.4. The highest BCUT2D eigenvalue weighted by Crippen LogP contribution is 2.30. The third kappa shape index (κ3) is 5.02. The zero-order valence-electron chi connectivity index (χ0n) is 15.7. The van der Waals surface area contributed by atoms with E-state index in [1.54, 1.807) is 29.2 Å². The van der Waals surface area contributed by atoms with Crippen LogP contribution in [0.1, 0.15) is 43.2 Å². The Hall–Kier alpha value is -2.59. The lowest BCUT2D eigenvalue weighted by Gasteiger charge is -2.21. The molecule has 0 unspecified atom stereocenters. The fourth-order valence-corrected chi connectivity index (χ4v) is 4.44. The molecule has 0 spiro atoms. The summed E-state index contributed by atoms with van der Waals surface area (Å²) >= 11 is 0. The highest BCUT2D eigenvalue weighted by atomic mass is 32.2. The molecule has 10 heteroatoms. The zero-order valence-corrected chi connectivity index (χ0v) is 16.5. The van der Waals surface area contributed by atoms with E-state index in [9.17, 15) is 13.5 Å². The van der Waals surface area contributed by atoms with E-state index >= 15 is 0 Å². The molecule has 2 aromatic rings. The van der Waals surface area contributed by atoms with Gasteiger partial charge in [0.2, 0.25) is 0 Å². The van der Waals surface area contributed by atoms with Gasteiger partial charge in [0.25, 0.3) is 0 Å². The summed E-state index contributed by atoms with van der Waals surface area (Å²) in [6, 6.07) is 4.81. The third-order valence-corrected chi connectivity index (χ3v) is 5.73. The number of aromatic hydroxyl groups is 1. The molecular weight excluding hydrogens is 382 g/mol. The number of nitrogens with one attached hydrogen (secondary N) is 1. The lowest BCUT2D eigenvalue weighted by molar-refractivity contribution is 0.405. The van der Waals surface area contributed by atoms with Crippen molar-refractivity contribution in [1.82, 2.24) is 14.5 Å². The van der Waals surface area contributed by atoms with Gasteiger partial charge >= 0.3 is 10.2 Å². The summed E-state index contributed by atoms with van der Waals surface area (Å²) < 4.78 is 37.9. The fraction of sp³-hybridized carbons (Fsp3) is 0.444. The molecule has 1 heterocycles. The number of hydrogen-bond donors (Lipinski definition) is 3. The van der Waals surface area contributed by atoms with E-state index in [1.807, 2.05) is 0 Å². The standard InChI is InChI=1S/C18H25N5O4S/c1-27-16-11-13(12-23-9-5-8-20-23)10-15(24)17(16)18(19)22-28(25,26)21-14-6-3-2-4-7-14/h5,8-11,14,21,24H,2-4,6-7,12H2,1H3,(H2,19,22). The average Bonchev–Trinajstić information content (AvgIpc) is 3.13. The molecule has 3 rings (SSSR count). The number of amidine groups is 1. The van der Waals surface area contributed by atoms with Crippen LogP contribution in [0.4, 0.5) is 0 Å².